The molecule has 0 spiro atoms. The minimum Gasteiger partial charge on any atom is -0.369 e. The number of rotatable bonds is 2. The van der Waals surface area contributed by atoms with Crippen LogP contribution in [0.3, 0.4) is 0 Å². The first-order valence-electron chi connectivity index (χ1n) is 9.50. The molecule has 1 aliphatic heterocycles. The number of aliphatic hydroxyl groups is 1. The van der Waals surface area contributed by atoms with E-state index in [1.54, 1.807) is 31.3 Å². The summed E-state index contributed by atoms with van der Waals surface area (Å²) in [7, 11) is 1.57. The standard InChI is InChI=1S/C22H17F3N4O3/c1-29-8-7-21(32,20(29)31)6-5-12-3-2-4-13(9-12)16-10-14-15(22(23,24)25)11-27-17(14)18(28-16)19(26)30/h2-4,9-11,27,32H,7-8H2,1H3,(H2,26,30)/t21-/m0/s1. The molecule has 1 aromatic carbocycles. The Labute approximate surface area is 180 Å². The van der Waals surface area contributed by atoms with E-state index < -0.39 is 29.2 Å². The van der Waals surface area contributed by atoms with Crippen LogP contribution in [0.1, 0.15) is 28.0 Å². The van der Waals surface area contributed by atoms with Gasteiger partial charge in [-0.2, -0.15) is 13.2 Å². The van der Waals surface area contributed by atoms with E-state index in [0.29, 0.717) is 17.7 Å². The van der Waals surface area contributed by atoms with E-state index in [-0.39, 0.29) is 28.7 Å². The minimum absolute atomic E-state index is 0.0930. The molecule has 2 aromatic heterocycles. The van der Waals surface area contributed by atoms with Gasteiger partial charge in [-0.05, 0) is 18.2 Å². The van der Waals surface area contributed by atoms with Gasteiger partial charge in [0.05, 0.1) is 16.8 Å². The number of nitrogens with two attached hydrogens (primary N) is 1. The second kappa shape index (κ2) is 7.39. The number of alkyl halides is 3. The number of primary amides is 1. The molecular weight excluding hydrogens is 425 g/mol. The van der Waals surface area contributed by atoms with Crippen LogP contribution in [0.4, 0.5) is 13.2 Å². The number of carbonyl (C=O) groups is 2. The molecule has 164 valence electrons. The molecule has 1 aliphatic rings. The zero-order valence-electron chi connectivity index (χ0n) is 16.7. The minimum atomic E-state index is -4.64. The van der Waals surface area contributed by atoms with Crippen LogP contribution >= 0.6 is 0 Å². The number of halogens is 3. The molecule has 0 saturated carbocycles. The molecule has 0 bridgehead atoms. The summed E-state index contributed by atoms with van der Waals surface area (Å²) >= 11 is 0. The Morgan fingerprint density at radius 3 is 2.72 bits per heavy atom. The summed E-state index contributed by atoms with van der Waals surface area (Å²) in [5.41, 5.74) is 3.08. The van der Waals surface area contributed by atoms with Gasteiger partial charge in [0, 0.05) is 42.7 Å². The number of likely N-dealkylation sites (N-methyl/N-ethyl adjacent to an activating group) is 1. The molecule has 2 amide bonds. The second-order valence-corrected chi connectivity index (χ2v) is 7.51. The van der Waals surface area contributed by atoms with E-state index in [0.717, 1.165) is 6.20 Å². The van der Waals surface area contributed by atoms with Crippen molar-refractivity contribution in [3.05, 3.63) is 53.3 Å². The summed E-state index contributed by atoms with van der Waals surface area (Å²) < 4.78 is 40.2. The Hall–Kier alpha value is -3.84. The number of hydrogen-bond acceptors (Lipinski definition) is 4. The molecule has 1 fully saturated rings. The lowest BCUT2D eigenvalue weighted by Gasteiger charge is -2.13. The first kappa shape index (κ1) is 21.4. The van der Waals surface area contributed by atoms with Crippen LogP contribution in [0.2, 0.25) is 0 Å². The van der Waals surface area contributed by atoms with Crippen molar-refractivity contribution in [1.29, 1.82) is 0 Å². The molecule has 7 nitrogen and oxygen atoms in total. The number of benzene rings is 1. The van der Waals surface area contributed by atoms with Crippen molar-refractivity contribution in [2.75, 3.05) is 13.6 Å². The fraction of sp³-hybridized carbons (Fsp3) is 0.227. The number of fused-ring (bicyclic) bond motifs is 1. The molecule has 32 heavy (non-hydrogen) atoms. The molecule has 3 heterocycles. The molecule has 4 rings (SSSR count). The summed E-state index contributed by atoms with van der Waals surface area (Å²) in [5.74, 6) is 3.85. The van der Waals surface area contributed by atoms with Crippen molar-refractivity contribution < 1.29 is 27.9 Å². The zero-order valence-corrected chi connectivity index (χ0v) is 16.7. The van der Waals surface area contributed by atoms with Gasteiger partial charge in [-0.1, -0.05) is 24.0 Å². The molecule has 0 unspecified atom stereocenters. The largest absolute Gasteiger partial charge is 0.418 e. The van der Waals surface area contributed by atoms with Crippen LogP contribution in [0.25, 0.3) is 22.2 Å². The highest BCUT2D eigenvalue weighted by atomic mass is 19.4. The molecular formula is C22H17F3N4O3. The number of nitrogens with zero attached hydrogens (tertiary/aromatic N) is 2. The first-order chi connectivity index (χ1) is 15.0. The topological polar surface area (TPSA) is 112 Å². The van der Waals surface area contributed by atoms with Crippen LogP contribution in [0.15, 0.2) is 36.5 Å². The van der Waals surface area contributed by atoms with Crippen molar-refractivity contribution in [3.8, 4) is 23.1 Å². The number of H-pyrrole nitrogens is 1. The predicted octanol–water partition coefficient (Wildman–Crippen LogP) is 2.29. The van der Waals surface area contributed by atoms with Crippen LogP contribution in [-0.2, 0) is 11.0 Å². The summed E-state index contributed by atoms with van der Waals surface area (Å²) in [6, 6.07) is 7.57. The lowest BCUT2D eigenvalue weighted by Crippen LogP contribution is -2.37. The van der Waals surface area contributed by atoms with Crippen LogP contribution in [-0.4, -0.2) is 51.0 Å². The Morgan fingerprint density at radius 1 is 1.34 bits per heavy atom. The molecule has 10 heteroatoms. The molecule has 1 saturated heterocycles. The van der Waals surface area contributed by atoms with E-state index in [1.165, 1.54) is 11.0 Å². The smallest absolute Gasteiger partial charge is 0.369 e. The van der Waals surface area contributed by atoms with Crippen molar-refractivity contribution in [1.82, 2.24) is 14.9 Å². The summed E-state index contributed by atoms with van der Waals surface area (Å²) in [6.07, 6.45) is -3.71. The maximum absolute atomic E-state index is 13.4. The maximum Gasteiger partial charge on any atom is 0.418 e. The number of carbonyl (C=O) groups excluding carboxylic acids is 2. The Bertz CT molecular complexity index is 1320. The van der Waals surface area contributed by atoms with Crippen molar-refractivity contribution in [2.45, 2.75) is 18.2 Å². The van der Waals surface area contributed by atoms with E-state index >= 15 is 0 Å². The highest BCUT2D eigenvalue weighted by Gasteiger charge is 2.42. The Balaban J connectivity index is 1.80. The van der Waals surface area contributed by atoms with Gasteiger partial charge in [0.25, 0.3) is 11.8 Å². The summed E-state index contributed by atoms with van der Waals surface area (Å²) in [6.45, 7) is 0.377. The van der Waals surface area contributed by atoms with Gasteiger partial charge < -0.3 is 20.7 Å². The second-order valence-electron chi connectivity index (χ2n) is 7.51. The van der Waals surface area contributed by atoms with Crippen molar-refractivity contribution in [2.24, 2.45) is 5.73 Å². The Kier molecular flexibility index (Phi) is 4.94. The average molecular weight is 442 g/mol. The normalized spacial score (nSPS) is 18.7. The molecule has 1 atom stereocenters. The third-order valence-corrected chi connectivity index (χ3v) is 5.29. The fourth-order valence-electron chi connectivity index (χ4n) is 3.59. The van der Waals surface area contributed by atoms with Gasteiger partial charge in [-0.15, -0.1) is 0 Å². The monoisotopic (exact) mass is 442 g/mol. The molecule has 0 radical (unpaired) electrons. The van der Waals surface area contributed by atoms with E-state index in [4.69, 9.17) is 5.73 Å². The number of aromatic amines is 1. The number of pyridine rings is 1. The summed E-state index contributed by atoms with van der Waals surface area (Å²) in [5, 5.41) is 10.2. The predicted molar refractivity (Wildman–Crippen MR) is 109 cm³/mol. The van der Waals surface area contributed by atoms with E-state index in [1.807, 2.05) is 0 Å². The maximum atomic E-state index is 13.4. The third kappa shape index (κ3) is 3.67. The van der Waals surface area contributed by atoms with Gasteiger partial charge in [0.1, 0.15) is 0 Å². The van der Waals surface area contributed by atoms with Crippen molar-refractivity contribution in [3.63, 3.8) is 0 Å². The van der Waals surface area contributed by atoms with Gasteiger partial charge in [0.15, 0.2) is 5.69 Å². The number of hydrogen-bond donors (Lipinski definition) is 3. The van der Waals surface area contributed by atoms with Gasteiger partial charge >= 0.3 is 6.18 Å². The fourth-order valence-corrected chi connectivity index (χ4v) is 3.59. The SMILES string of the molecule is CN1CC[C@@](O)(C#Cc2cccc(-c3cc4c(C(F)(F)F)c[nH]c4c(C(N)=O)n3)c2)C1=O. The lowest BCUT2D eigenvalue weighted by atomic mass is 10.0. The zero-order chi connectivity index (χ0) is 23.3. The molecule has 4 N–H and O–H groups in total. The lowest BCUT2D eigenvalue weighted by molar-refractivity contribution is -0.137. The van der Waals surface area contributed by atoms with Gasteiger partial charge in [-0.3, -0.25) is 9.59 Å². The highest BCUT2D eigenvalue weighted by molar-refractivity contribution is 6.05. The average Bonchev–Trinajstić information content (AvgIpc) is 3.29. The number of nitrogens with one attached hydrogen (secondary N) is 1. The van der Waals surface area contributed by atoms with E-state index in [9.17, 15) is 27.9 Å². The number of amides is 2. The van der Waals surface area contributed by atoms with Crippen LogP contribution in [0, 0.1) is 11.8 Å². The number of likely N-dealkylation sites (tertiary alicyclic amines) is 1. The first-order valence-corrected chi connectivity index (χ1v) is 9.50. The van der Waals surface area contributed by atoms with Crippen LogP contribution in [0.5, 0.6) is 0 Å². The quantitative estimate of drug-likeness (QED) is 0.529. The van der Waals surface area contributed by atoms with Crippen LogP contribution < -0.4 is 5.73 Å². The molecule has 0 aliphatic carbocycles. The van der Waals surface area contributed by atoms with Crippen molar-refractivity contribution >= 4 is 22.7 Å². The number of aromatic nitrogens is 2. The third-order valence-electron chi connectivity index (χ3n) is 5.29. The highest BCUT2D eigenvalue weighted by Crippen LogP contribution is 2.37. The molecule has 3 aromatic rings. The van der Waals surface area contributed by atoms with Gasteiger partial charge in [0.2, 0.25) is 5.60 Å². The Morgan fingerprint density at radius 2 is 2.09 bits per heavy atom. The van der Waals surface area contributed by atoms with Gasteiger partial charge in [-0.25, -0.2) is 4.98 Å². The van der Waals surface area contributed by atoms with E-state index in [2.05, 4.69) is 21.8 Å². The summed E-state index contributed by atoms with van der Waals surface area (Å²) in [4.78, 5) is 31.9.